The predicted octanol–water partition coefficient (Wildman–Crippen LogP) is 3.68. The lowest BCUT2D eigenvalue weighted by molar-refractivity contribution is 0.112. The van der Waals surface area contributed by atoms with Crippen molar-refractivity contribution in [2.75, 3.05) is 18.0 Å². The minimum atomic E-state index is 0.260. The van der Waals surface area contributed by atoms with Gasteiger partial charge in [0.2, 0.25) is 0 Å². The Bertz CT molecular complexity index is 468. The predicted molar refractivity (Wildman–Crippen MR) is 76.2 cm³/mol. The third-order valence-electron chi connectivity index (χ3n) is 3.58. The topological polar surface area (TPSA) is 20.3 Å². The number of benzene rings is 1. The third kappa shape index (κ3) is 2.63. The van der Waals surface area contributed by atoms with Crippen molar-refractivity contribution in [3.05, 3.63) is 41.5 Å². The molecule has 0 bridgehead atoms. The Balaban J connectivity index is 2.19. The average Bonchev–Trinajstić information content (AvgIpc) is 2.38. The Morgan fingerprint density at radius 2 is 1.94 bits per heavy atom. The van der Waals surface area contributed by atoms with Crippen LogP contribution in [0.4, 0.5) is 5.69 Å². The van der Waals surface area contributed by atoms with Gasteiger partial charge in [0.05, 0.1) is 0 Å². The molecular formula is C16H21NO. The zero-order valence-electron chi connectivity index (χ0n) is 11.4. The molecule has 1 aliphatic heterocycles. The second-order valence-corrected chi connectivity index (χ2v) is 5.85. The number of anilines is 1. The number of rotatable bonds is 2. The van der Waals surface area contributed by atoms with Crippen LogP contribution in [0.25, 0.3) is 0 Å². The van der Waals surface area contributed by atoms with Crippen molar-refractivity contribution in [2.45, 2.75) is 27.2 Å². The van der Waals surface area contributed by atoms with Crippen LogP contribution in [-0.2, 0) is 0 Å². The summed E-state index contributed by atoms with van der Waals surface area (Å²) in [6, 6.07) is 7.81. The van der Waals surface area contributed by atoms with E-state index in [9.17, 15) is 4.79 Å². The molecule has 1 aromatic carbocycles. The number of aldehydes is 1. The number of para-hydroxylation sites is 1. The molecule has 0 fully saturated rings. The lowest BCUT2D eigenvalue weighted by Gasteiger charge is -2.34. The average molecular weight is 243 g/mol. The lowest BCUT2D eigenvalue weighted by Crippen LogP contribution is -2.31. The monoisotopic (exact) mass is 243 g/mol. The van der Waals surface area contributed by atoms with Crippen molar-refractivity contribution in [3.8, 4) is 0 Å². The van der Waals surface area contributed by atoms with Gasteiger partial charge in [-0.05, 0) is 24.0 Å². The minimum absolute atomic E-state index is 0.260. The van der Waals surface area contributed by atoms with Crippen molar-refractivity contribution in [2.24, 2.45) is 5.41 Å². The number of hydrogen-bond acceptors (Lipinski definition) is 2. The van der Waals surface area contributed by atoms with Gasteiger partial charge in [-0.1, -0.05) is 44.6 Å². The zero-order chi connectivity index (χ0) is 13.2. The van der Waals surface area contributed by atoms with Gasteiger partial charge < -0.3 is 4.90 Å². The molecule has 1 aromatic rings. The lowest BCUT2D eigenvalue weighted by atomic mass is 9.83. The summed E-state index contributed by atoms with van der Waals surface area (Å²) in [4.78, 5) is 13.3. The SMILES string of the molecule is CC(C)(C)C1=CCN(c2ccccc2C=O)CC1. The Morgan fingerprint density at radius 3 is 2.50 bits per heavy atom. The maximum absolute atomic E-state index is 11.1. The first-order valence-electron chi connectivity index (χ1n) is 6.51. The molecule has 0 unspecified atom stereocenters. The Morgan fingerprint density at radius 1 is 1.22 bits per heavy atom. The van der Waals surface area contributed by atoms with E-state index < -0.39 is 0 Å². The fraction of sp³-hybridized carbons (Fsp3) is 0.438. The molecule has 2 rings (SSSR count). The van der Waals surface area contributed by atoms with Crippen molar-refractivity contribution < 1.29 is 4.79 Å². The highest BCUT2D eigenvalue weighted by Gasteiger charge is 2.22. The summed E-state index contributed by atoms with van der Waals surface area (Å²) >= 11 is 0. The maximum atomic E-state index is 11.1. The summed E-state index contributed by atoms with van der Waals surface area (Å²) in [5.41, 5.74) is 3.61. The van der Waals surface area contributed by atoms with Gasteiger partial charge in [-0.25, -0.2) is 0 Å². The van der Waals surface area contributed by atoms with E-state index in [4.69, 9.17) is 0 Å². The van der Waals surface area contributed by atoms with Crippen LogP contribution in [0.5, 0.6) is 0 Å². The van der Waals surface area contributed by atoms with E-state index in [-0.39, 0.29) is 5.41 Å². The van der Waals surface area contributed by atoms with Gasteiger partial charge in [0.25, 0.3) is 0 Å². The summed E-state index contributed by atoms with van der Waals surface area (Å²) in [5, 5.41) is 0. The summed E-state index contributed by atoms with van der Waals surface area (Å²) in [5.74, 6) is 0. The molecule has 0 atom stereocenters. The van der Waals surface area contributed by atoms with Crippen LogP contribution in [-0.4, -0.2) is 19.4 Å². The molecule has 0 amide bonds. The van der Waals surface area contributed by atoms with E-state index in [1.807, 2.05) is 24.3 Å². The van der Waals surface area contributed by atoms with Crippen LogP contribution in [0, 0.1) is 5.41 Å². The molecule has 0 radical (unpaired) electrons. The molecule has 18 heavy (non-hydrogen) atoms. The molecular weight excluding hydrogens is 222 g/mol. The van der Waals surface area contributed by atoms with Crippen LogP contribution >= 0.6 is 0 Å². The van der Waals surface area contributed by atoms with Gasteiger partial charge in [-0.2, -0.15) is 0 Å². The van der Waals surface area contributed by atoms with Gasteiger partial charge in [0, 0.05) is 24.3 Å². The Labute approximate surface area is 109 Å². The molecule has 96 valence electrons. The van der Waals surface area contributed by atoms with Gasteiger partial charge in [-0.3, -0.25) is 4.79 Å². The second kappa shape index (κ2) is 4.97. The summed E-state index contributed by atoms with van der Waals surface area (Å²) in [6.45, 7) is 8.67. The van der Waals surface area contributed by atoms with E-state index in [0.717, 1.165) is 37.0 Å². The molecule has 0 aromatic heterocycles. The van der Waals surface area contributed by atoms with Crippen molar-refractivity contribution in [3.63, 3.8) is 0 Å². The van der Waals surface area contributed by atoms with E-state index in [1.54, 1.807) is 0 Å². The highest BCUT2D eigenvalue weighted by atomic mass is 16.1. The first kappa shape index (κ1) is 12.9. The fourth-order valence-electron chi connectivity index (χ4n) is 2.44. The van der Waals surface area contributed by atoms with Crippen LogP contribution in [0.3, 0.4) is 0 Å². The molecule has 0 N–H and O–H groups in total. The van der Waals surface area contributed by atoms with Gasteiger partial charge in [0.1, 0.15) is 0 Å². The third-order valence-corrected chi connectivity index (χ3v) is 3.58. The van der Waals surface area contributed by atoms with E-state index in [0.29, 0.717) is 0 Å². The molecule has 0 spiro atoms. The van der Waals surface area contributed by atoms with Crippen LogP contribution < -0.4 is 4.90 Å². The van der Waals surface area contributed by atoms with Crippen molar-refractivity contribution in [1.82, 2.24) is 0 Å². The smallest absolute Gasteiger partial charge is 0.152 e. The Hall–Kier alpha value is -1.57. The van der Waals surface area contributed by atoms with E-state index in [2.05, 4.69) is 31.7 Å². The van der Waals surface area contributed by atoms with Crippen LogP contribution in [0.15, 0.2) is 35.9 Å². The van der Waals surface area contributed by atoms with Gasteiger partial charge in [0.15, 0.2) is 6.29 Å². The fourth-order valence-corrected chi connectivity index (χ4v) is 2.44. The normalized spacial score (nSPS) is 16.4. The molecule has 2 nitrogen and oxygen atoms in total. The number of nitrogens with zero attached hydrogens (tertiary/aromatic N) is 1. The first-order chi connectivity index (χ1) is 8.52. The van der Waals surface area contributed by atoms with E-state index in [1.165, 1.54) is 5.57 Å². The number of hydrogen-bond donors (Lipinski definition) is 0. The molecule has 1 aliphatic rings. The second-order valence-electron chi connectivity index (χ2n) is 5.85. The molecule has 2 heteroatoms. The van der Waals surface area contributed by atoms with Crippen molar-refractivity contribution in [1.29, 1.82) is 0 Å². The van der Waals surface area contributed by atoms with Gasteiger partial charge >= 0.3 is 0 Å². The summed E-state index contributed by atoms with van der Waals surface area (Å²) in [7, 11) is 0. The highest BCUT2D eigenvalue weighted by Crippen LogP contribution is 2.32. The van der Waals surface area contributed by atoms with Crippen LogP contribution in [0.2, 0.25) is 0 Å². The van der Waals surface area contributed by atoms with Crippen molar-refractivity contribution >= 4 is 12.0 Å². The molecule has 0 saturated heterocycles. The largest absolute Gasteiger partial charge is 0.367 e. The minimum Gasteiger partial charge on any atom is -0.367 e. The van der Waals surface area contributed by atoms with Gasteiger partial charge in [-0.15, -0.1) is 0 Å². The number of carbonyl (C=O) groups excluding carboxylic acids is 1. The van der Waals surface area contributed by atoms with Crippen LogP contribution in [0.1, 0.15) is 37.6 Å². The quantitative estimate of drug-likeness (QED) is 0.583. The maximum Gasteiger partial charge on any atom is 0.152 e. The standard InChI is InChI=1S/C16H21NO/c1-16(2,3)14-8-10-17(11-9-14)15-7-5-4-6-13(15)12-18/h4-8,12H,9-11H2,1-3H3. The van der Waals surface area contributed by atoms with E-state index >= 15 is 0 Å². The first-order valence-corrected chi connectivity index (χ1v) is 6.51. The molecule has 0 aliphatic carbocycles. The molecule has 0 saturated carbocycles. The highest BCUT2D eigenvalue weighted by molar-refractivity contribution is 5.84. The molecule has 1 heterocycles. The number of carbonyl (C=O) groups is 1. The summed E-state index contributed by atoms with van der Waals surface area (Å²) < 4.78 is 0. The Kier molecular flexibility index (Phi) is 3.55. The summed E-state index contributed by atoms with van der Waals surface area (Å²) in [6.07, 6.45) is 4.33. The zero-order valence-corrected chi connectivity index (χ0v) is 11.4.